The van der Waals surface area contributed by atoms with E-state index in [4.69, 9.17) is 15.0 Å². The quantitative estimate of drug-likeness (QED) is 0.427. The molecule has 2 aromatic heterocycles. The van der Waals surface area contributed by atoms with Crippen molar-refractivity contribution < 1.29 is 9.53 Å². The molecule has 0 saturated carbocycles. The molecule has 0 unspecified atom stereocenters. The molecule has 6 rings (SSSR count). The van der Waals surface area contributed by atoms with E-state index in [1.165, 1.54) is 11.3 Å². The average molecular weight is 513 g/mol. The summed E-state index contributed by atoms with van der Waals surface area (Å²) in [5, 5.41) is 16.0. The fourth-order valence-electron chi connectivity index (χ4n) is 5.14. The van der Waals surface area contributed by atoms with Crippen LogP contribution < -0.4 is 10.9 Å². The smallest absolute Gasteiger partial charge is 0.410 e. The molecule has 4 aromatic rings. The first-order valence-corrected chi connectivity index (χ1v) is 13.0. The van der Waals surface area contributed by atoms with E-state index in [9.17, 15) is 9.59 Å². The summed E-state index contributed by atoms with van der Waals surface area (Å²) >= 11 is 1.53. The SMILES string of the molecule is Cc1nc2cc(-c3nccs3)c(N[C@H]3CCN4C(=O)OC[C@@H]4C3)cc2c(=O)n1Cc1ccc(C#N)cc1. The number of nitrogens with one attached hydrogen (secondary N) is 1. The fourth-order valence-corrected chi connectivity index (χ4v) is 5.80. The van der Waals surface area contributed by atoms with E-state index in [0.717, 1.165) is 34.7 Å². The van der Waals surface area contributed by atoms with Crippen molar-refractivity contribution in [3.8, 4) is 16.6 Å². The lowest BCUT2D eigenvalue weighted by atomic mass is 9.97. The van der Waals surface area contributed by atoms with Crippen LogP contribution in [-0.2, 0) is 11.3 Å². The summed E-state index contributed by atoms with van der Waals surface area (Å²) in [4.78, 5) is 36.7. The summed E-state index contributed by atoms with van der Waals surface area (Å²) in [5.41, 5.74) is 3.74. The third-order valence-corrected chi connectivity index (χ3v) is 7.89. The van der Waals surface area contributed by atoms with Gasteiger partial charge in [-0.05, 0) is 49.6 Å². The molecule has 1 amide bonds. The van der Waals surface area contributed by atoms with Crippen LogP contribution in [0.1, 0.15) is 29.8 Å². The van der Waals surface area contributed by atoms with Crippen molar-refractivity contribution >= 4 is 34.0 Å². The van der Waals surface area contributed by atoms with Gasteiger partial charge in [0.25, 0.3) is 5.56 Å². The monoisotopic (exact) mass is 512 g/mol. The number of ether oxygens (including phenoxy) is 1. The first-order valence-electron chi connectivity index (χ1n) is 12.1. The Bertz CT molecular complexity index is 1590. The highest BCUT2D eigenvalue weighted by atomic mass is 32.1. The minimum Gasteiger partial charge on any atom is -0.447 e. The number of hydrogen-bond donors (Lipinski definition) is 1. The molecular weight excluding hydrogens is 488 g/mol. The summed E-state index contributed by atoms with van der Waals surface area (Å²) in [5.74, 6) is 0.617. The molecule has 186 valence electrons. The standard InChI is InChI=1S/C27H24N6O3S/c1-16-30-24-11-21(25-29-7-9-37-25)23(31-19-6-8-32-20(10-19)15-36-27(32)35)12-22(24)26(34)33(16)14-18-4-2-17(13-28)3-5-18/h2-5,7,9,11-12,19-20,31H,6,8,10,14-15H2,1H3/t19-,20-/m0/s1. The van der Waals surface area contributed by atoms with Crippen molar-refractivity contribution in [2.75, 3.05) is 18.5 Å². The highest BCUT2D eigenvalue weighted by Gasteiger charge is 2.38. The van der Waals surface area contributed by atoms with Gasteiger partial charge in [0.1, 0.15) is 17.4 Å². The van der Waals surface area contributed by atoms with Gasteiger partial charge in [0.2, 0.25) is 0 Å². The Hall–Kier alpha value is -4.23. The van der Waals surface area contributed by atoms with E-state index in [0.29, 0.717) is 42.0 Å². The second-order valence-corrected chi connectivity index (χ2v) is 10.3. The second kappa shape index (κ2) is 9.33. The van der Waals surface area contributed by atoms with Crippen LogP contribution in [0.2, 0.25) is 0 Å². The molecule has 0 radical (unpaired) electrons. The van der Waals surface area contributed by atoms with Gasteiger partial charge in [-0.3, -0.25) is 9.36 Å². The number of carbonyl (C=O) groups excluding carboxylic acids is 1. The zero-order valence-corrected chi connectivity index (χ0v) is 21.0. The number of nitrogens with zero attached hydrogens (tertiary/aromatic N) is 5. The average Bonchev–Trinajstić information content (AvgIpc) is 3.57. The van der Waals surface area contributed by atoms with Crippen molar-refractivity contribution in [3.05, 3.63) is 75.3 Å². The highest BCUT2D eigenvalue weighted by molar-refractivity contribution is 7.13. The summed E-state index contributed by atoms with van der Waals surface area (Å²) in [6.45, 7) is 3.25. The van der Waals surface area contributed by atoms with Crippen LogP contribution in [0.4, 0.5) is 10.5 Å². The number of rotatable bonds is 5. The summed E-state index contributed by atoms with van der Waals surface area (Å²) in [7, 11) is 0. The van der Waals surface area contributed by atoms with Crippen molar-refractivity contribution in [2.24, 2.45) is 0 Å². The van der Waals surface area contributed by atoms with Crippen LogP contribution in [-0.4, -0.2) is 50.8 Å². The summed E-state index contributed by atoms with van der Waals surface area (Å²) in [6.07, 6.45) is 3.09. The van der Waals surface area contributed by atoms with Gasteiger partial charge < -0.3 is 15.0 Å². The number of hydrogen-bond acceptors (Lipinski definition) is 8. The van der Waals surface area contributed by atoms with Crippen LogP contribution in [0.25, 0.3) is 21.5 Å². The summed E-state index contributed by atoms with van der Waals surface area (Å²) < 4.78 is 6.89. The number of carbonyl (C=O) groups is 1. The Kier molecular flexibility index (Phi) is 5.85. The molecule has 10 heteroatoms. The van der Waals surface area contributed by atoms with Crippen molar-refractivity contribution in [2.45, 2.75) is 38.4 Å². The number of nitriles is 1. The number of thiazole rings is 1. The van der Waals surface area contributed by atoms with E-state index < -0.39 is 0 Å². The van der Waals surface area contributed by atoms with Crippen LogP contribution >= 0.6 is 11.3 Å². The van der Waals surface area contributed by atoms with E-state index in [2.05, 4.69) is 16.4 Å². The lowest BCUT2D eigenvalue weighted by Crippen LogP contribution is -2.45. The first-order chi connectivity index (χ1) is 18.0. The minimum atomic E-state index is -0.234. The van der Waals surface area contributed by atoms with Crippen molar-refractivity contribution in [1.29, 1.82) is 5.26 Å². The van der Waals surface area contributed by atoms with Gasteiger partial charge in [-0.1, -0.05) is 12.1 Å². The minimum absolute atomic E-state index is 0.0662. The number of amides is 1. The van der Waals surface area contributed by atoms with E-state index >= 15 is 0 Å². The van der Waals surface area contributed by atoms with Gasteiger partial charge in [0.15, 0.2) is 0 Å². The number of aryl methyl sites for hydroxylation is 1. The van der Waals surface area contributed by atoms with Crippen LogP contribution in [0.15, 0.2) is 52.8 Å². The largest absolute Gasteiger partial charge is 0.447 e. The lowest BCUT2D eigenvalue weighted by Gasteiger charge is -2.33. The molecule has 0 spiro atoms. The van der Waals surface area contributed by atoms with Crippen molar-refractivity contribution in [3.63, 3.8) is 0 Å². The van der Waals surface area contributed by atoms with Crippen LogP contribution in [0.5, 0.6) is 0 Å². The van der Waals surface area contributed by atoms with E-state index in [-0.39, 0.29) is 23.7 Å². The number of fused-ring (bicyclic) bond motifs is 2. The topological polar surface area (TPSA) is 113 Å². The number of cyclic esters (lactones) is 1. The zero-order chi connectivity index (χ0) is 25.5. The molecule has 2 aromatic carbocycles. The molecule has 0 bridgehead atoms. The molecule has 37 heavy (non-hydrogen) atoms. The Balaban J connectivity index is 1.38. The first kappa shape index (κ1) is 23.2. The Labute approximate surface area is 217 Å². The lowest BCUT2D eigenvalue weighted by molar-refractivity contribution is 0.153. The molecule has 2 aliphatic heterocycles. The van der Waals surface area contributed by atoms with Gasteiger partial charge in [-0.2, -0.15) is 5.26 Å². The molecule has 4 heterocycles. The second-order valence-electron chi connectivity index (χ2n) is 9.40. The van der Waals surface area contributed by atoms with Gasteiger partial charge in [-0.25, -0.2) is 14.8 Å². The third kappa shape index (κ3) is 4.32. The number of anilines is 1. The van der Waals surface area contributed by atoms with Gasteiger partial charge in [0.05, 0.1) is 35.1 Å². The predicted molar refractivity (Wildman–Crippen MR) is 141 cm³/mol. The number of benzene rings is 2. The number of aromatic nitrogens is 3. The zero-order valence-electron chi connectivity index (χ0n) is 20.2. The molecule has 9 nitrogen and oxygen atoms in total. The number of piperidine rings is 1. The van der Waals surface area contributed by atoms with Gasteiger partial charge in [0, 0.05) is 35.4 Å². The molecule has 2 fully saturated rings. The Morgan fingerprint density at radius 2 is 2.08 bits per heavy atom. The molecular formula is C27H24N6O3S. The fraction of sp³-hybridized carbons (Fsp3) is 0.296. The van der Waals surface area contributed by atoms with Crippen molar-refractivity contribution in [1.82, 2.24) is 19.4 Å². The van der Waals surface area contributed by atoms with Gasteiger partial charge in [-0.15, -0.1) is 11.3 Å². The Morgan fingerprint density at radius 1 is 1.24 bits per heavy atom. The maximum absolute atomic E-state index is 13.7. The van der Waals surface area contributed by atoms with Crippen LogP contribution in [0.3, 0.4) is 0 Å². The molecule has 2 saturated heterocycles. The normalized spacial score (nSPS) is 18.9. The molecule has 1 N–H and O–H groups in total. The summed E-state index contributed by atoms with van der Waals surface area (Å²) in [6, 6.07) is 13.4. The van der Waals surface area contributed by atoms with Gasteiger partial charge >= 0.3 is 6.09 Å². The molecule has 0 aliphatic carbocycles. The predicted octanol–water partition coefficient (Wildman–Crippen LogP) is 4.14. The van der Waals surface area contributed by atoms with E-state index in [1.807, 2.05) is 36.6 Å². The highest BCUT2D eigenvalue weighted by Crippen LogP contribution is 2.35. The molecule has 2 atom stereocenters. The van der Waals surface area contributed by atoms with E-state index in [1.54, 1.807) is 27.8 Å². The maximum Gasteiger partial charge on any atom is 0.410 e. The van der Waals surface area contributed by atoms with Crippen LogP contribution in [0, 0.1) is 18.3 Å². The third-order valence-electron chi connectivity index (χ3n) is 7.08. The molecule has 2 aliphatic rings. The maximum atomic E-state index is 13.7. The Morgan fingerprint density at radius 3 is 2.84 bits per heavy atom.